The largest absolute Gasteiger partial charge is 0.394 e. The van der Waals surface area contributed by atoms with Gasteiger partial charge in [0.25, 0.3) is 5.56 Å². The third-order valence-electron chi connectivity index (χ3n) is 3.29. The number of rotatable bonds is 5. The Labute approximate surface area is 127 Å². The molecule has 0 spiro atoms. The molecule has 21 heavy (non-hydrogen) atoms. The van der Waals surface area contributed by atoms with Crippen LogP contribution in [0.2, 0.25) is 0 Å². The van der Waals surface area contributed by atoms with Crippen molar-refractivity contribution in [2.24, 2.45) is 0 Å². The standard InChI is InChI=1S/C12H15BrN2O6/c13-7(5-16)4-15-10(19)1-2-14(12(15)20)11-3-8(18)9(6-17)21-11/h1-2,5,7-9,11,17-18H,3-4,6H2/t7?,8-,9+,11+/m0/s1. The van der Waals surface area contributed by atoms with Gasteiger partial charge in [-0.05, 0) is 0 Å². The Hall–Kier alpha value is -1.29. The molecule has 1 aliphatic rings. The lowest BCUT2D eigenvalue weighted by molar-refractivity contribution is -0.107. The molecule has 1 fully saturated rings. The molecule has 1 aromatic rings. The molecule has 8 nitrogen and oxygen atoms in total. The van der Waals surface area contributed by atoms with Crippen LogP contribution in [0.15, 0.2) is 21.9 Å². The highest BCUT2D eigenvalue weighted by Crippen LogP contribution is 2.26. The van der Waals surface area contributed by atoms with Crippen molar-refractivity contribution < 1.29 is 19.7 Å². The normalized spacial score (nSPS) is 26.7. The molecule has 1 aliphatic heterocycles. The summed E-state index contributed by atoms with van der Waals surface area (Å²) < 4.78 is 7.47. The third-order valence-corrected chi connectivity index (χ3v) is 3.80. The van der Waals surface area contributed by atoms with E-state index in [-0.39, 0.29) is 19.6 Å². The van der Waals surface area contributed by atoms with Gasteiger partial charge in [0.15, 0.2) is 0 Å². The van der Waals surface area contributed by atoms with Gasteiger partial charge in [0.05, 0.1) is 17.5 Å². The number of alkyl halides is 1. The second-order valence-electron chi connectivity index (χ2n) is 4.72. The van der Waals surface area contributed by atoms with Crippen LogP contribution in [-0.2, 0) is 16.1 Å². The Kier molecular flexibility index (Phi) is 5.09. The topological polar surface area (TPSA) is 111 Å². The van der Waals surface area contributed by atoms with Gasteiger partial charge in [-0.2, -0.15) is 0 Å². The van der Waals surface area contributed by atoms with Crippen LogP contribution in [-0.4, -0.2) is 49.3 Å². The summed E-state index contributed by atoms with van der Waals surface area (Å²) in [6.45, 7) is -0.457. The monoisotopic (exact) mass is 362 g/mol. The van der Waals surface area contributed by atoms with Crippen LogP contribution < -0.4 is 11.2 Å². The smallest absolute Gasteiger partial charge is 0.333 e. The number of carbonyl (C=O) groups is 1. The fourth-order valence-electron chi connectivity index (χ4n) is 2.19. The zero-order valence-corrected chi connectivity index (χ0v) is 12.5. The predicted molar refractivity (Wildman–Crippen MR) is 75.4 cm³/mol. The van der Waals surface area contributed by atoms with Gasteiger partial charge >= 0.3 is 5.69 Å². The maximum atomic E-state index is 12.3. The maximum Gasteiger partial charge on any atom is 0.333 e. The summed E-state index contributed by atoms with van der Waals surface area (Å²) in [4.78, 5) is 34.0. The molecular formula is C12H15BrN2O6. The molecule has 116 valence electrons. The first-order chi connectivity index (χ1) is 9.97. The van der Waals surface area contributed by atoms with E-state index in [4.69, 9.17) is 9.84 Å². The van der Waals surface area contributed by atoms with Gasteiger partial charge in [0.2, 0.25) is 0 Å². The summed E-state index contributed by atoms with van der Waals surface area (Å²) in [5.41, 5.74) is -1.16. The molecule has 1 unspecified atom stereocenters. The minimum Gasteiger partial charge on any atom is -0.394 e. The maximum absolute atomic E-state index is 12.3. The van der Waals surface area contributed by atoms with Gasteiger partial charge in [-0.1, -0.05) is 15.9 Å². The second kappa shape index (κ2) is 6.65. The first-order valence-corrected chi connectivity index (χ1v) is 7.25. The van der Waals surface area contributed by atoms with Crippen LogP contribution in [0.4, 0.5) is 0 Å². The molecule has 0 aromatic carbocycles. The summed E-state index contributed by atoms with van der Waals surface area (Å²) in [7, 11) is 0. The van der Waals surface area contributed by atoms with Crippen molar-refractivity contribution in [2.75, 3.05) is 6.61 Å². The van der Waals surface area contributed by atoms with Crippen molar-refractivity contribution in [3.63, 3.8) is 0 Å². The SMILES string of the molecule is O=CC(Br)Cn1c(=O)ccn([C@H]2C[C@H](O)[C@@H](CO)O2)c1=O. The first-order valence-electron chi connectivity index (χ1n) is 6.33. The number of halogens is 1. The minimum absolute atomic E-state index is 0.0965. The summed E-state index contributed by atoms with van der Waals surface area (Å²) in [5, 5.41) is 18.7. The van der Waals surface area contributed by atoms with E-state index in [0.717, 1.165) is 4.57 Å². The van der Waals surface area contributed by atoms with Crippen molar-refractivity contribution in [3.05, 3.63) is 33.1 Å². The molecule has 2 rings (SSSR count). The zero-order valence-electron chi connectivity index (χ0n) is 11.0. The van der Waals surface area contributed by atoms with E-state index in [2.05, 4.69) is 15.9 Å². The molecule has 9 heteroatoms. The molecule has 0 radical (unpaired) electrons. The van der Waals surface area contributed by atoms with Crippen LogP contribution >= 0.6 is 15.9 Å². The van der Waals surface area contributed by atoms with Gasteiger partial charge in [-0.15, -0.1) is 0 Å². The van der Waals surface area contributed by atoms with E-state index >= 15 is 0 Å². The molecule has 0 aliphatic carbocycles. The number of aliphatic hydroxyl groups is 2. The first kappa shape index (κ1) is 16.1. The van der Waals surface area contributed by atoms with Crippen molar-refractivity contribution in [2.45, 2.75) is 36.2 Å². The molecular weight excluding hydrogens is 348 g/mol. The molecule has 2 N–H and O–H groups in total. The number of nitrogens with zero attached hydrogens (tertiary/aromatic N) is 2. The predicted octanol–water partition coefficient (Wildman–Crippen LogP) is -1.39. The minimum atomic E-state index is -0.883. The van der Waals surface area contributed by atoms with E-state index in [1.165, 1.54) is 16.8 Å². The van der Waals surface area contributed by atoms with Crippen LogP contribution in [0.25, 0.3) is 0 Å². The Morgan fingerprint density at radius 2 is 2.24 bits per heavy atom. The van der Waals surface area contributed by atoms with Crippen LogP contribution in [0.1, 0.15) is 12.6 Å². The van der Waals surface area contributed by atoms with Crippen molar-refractivity contribution in [1.29, 1.82) is 0 Å². The Balaban J connectivity index is 2.34. The van der Waals surface area contributed by atoms with Gasteiger partial charge in [0, 0.05) is 25.2 Å². The number of ether oxygens (including phenoxy) is 1. The molecule has 0 amide bonds. The van der Waals surface area contributed by atoms with Crippen molar-refractivity contribution >= 4 is 22.2 Å². The second-order valence-corrected chi connectivity index (χ2v) is 5.90. The van der Waals surface area contributed by atoms with E-state index in [9.17, 15) is 19.5 Å². The molecule has 1 aromatic heterocycles. The van der Waals surface area contributed by atoms with Crippen molar-refractivity contribution in [3.8, 4) is 0 Å². The molecule has 4 atom stereocenters. The van der Waals surface area contributed by atoms with Gasteiger partial charge in [-0.25, -0.2) is 4.79 Å². The molecule has 0 saturated carbocycles. The average Bonchev–Trinajstić information content (AvgIpc) is 2.84. The Bertz CT molecular complexity index is 627. The quantitative estimate of drug-likeness (QED) is 0.493. The summed E-state index contributed by atoms with van der Waals surface area (Å²) in [6.07, 6.45) is -0.410. The Morgan fingerprint density at radius 3 is 2.81 bits per heavy atom. The van der Waals surface area contributed by atoms with E-state index in [1.807, 2.05) is 0 Å². The molecule has 0 bridgehead atoms. The number of aromatic nitrogens is 2. The van der Waals surface area contributed by atoms with E-state index < -0.39 is 34.5 Å². The van der Waals surface area contributed by atoms with Crippen LogP contribution in [0.3, 0.4) is 0 Å². The average molecular weight is 363 g/mol. The third kappa shape index (κ3) is 3.31. The lowest BCUT2D eigenvalue weighted by atomic mass is 10.2. The fourth-order valence-corrected chi connectivity index (χ4v) is 2.48. The highest BCUT2D eigenvalue weighted by atomic mass is 79.9. The number of aliphatic hydroxyl groups excluding tert-OH is 2. The summed E-state index contributed by atoms with van der Waals surface area (Å²) in [5.74, 6) is 0. The van der Waals surface area contributed by atoms with Crippen LogP contribution in [0, 0.1) is 0 Å². The number of hydrogen-bond acceptors (Lipinski definition) is 6. The fraction of sp³-hybridized carbons (Fsp3) is 0.583. The highest BCUT2D eigenvalue weighted by Gasteiger charge is 2.35. The van der Waals surface area contributed by atoms with E-state index in [1.54, 1.807) is 0 Å². The van der Waals surface area contributed by atoms with Gasteiger partial charge < -0.3 is 19.7 Å². The van der Waals surface area contributed by atoms with Crippen molar-refractivity contribution in [1.82, 2.24) is 9.13 Å². The zero-order chi connectivity index (χ0) is 15.6. The molecule has 2 heterocycles. The van der Waals surface area contributed by atoms with E-state index in [0.29, 0.717) is 6.29 Å². The summed E-state index contributed by atoms with van der Waals surface area (Å²) in [6, 6.07) is 1.19. The van der Waals surface area contributed by atoms with Gasteiger partial charge in [0.1, 0.15) is 18.6 Å². The highest BCUT2D eigenvalue weighted by molar-refractivity contribution is 9.09. The Morgan fingerprint density at radius 1 is 1.52 bits per heavy atom. The lowest BCUT2D eigenvalue weighted by Gasteiger charge is -2.16. The lowest BCUT2D eigenvalue weighted by Crippen LogP contribution is -2.42. The number of carbonyl (C=O) groups excluding carboxylic acids is 1. The van der Waals surface area contributed by atoms with Crippen LogP contribution in [0.5, 0.6) is 0 Å². The number of hydrogen-bond donors (Lipinski definition) is 2. The van der Waals surface area contributed by atoms with Gasteiger partial charge in [-0.3, -0.25) is 13.9 Å². The summed E-state index contributed by atoms with van der Waals surface area (Å²) >= 11 is 3.04. The molecule has 1 saturated heterocycles. The number of aldehydes is 1.